The summed E-state index contributed by atoms with van der Waals surface area (Å²) in [7, 11) is 0. The monoisotopic (exact) mass is 287 g/mol. The third kappa shape index (κ3) is 3.27. The summed E-state index contributed by atoms with van der Waals surface area (Å²) >= 11 is 1.76. The van der Waals surface area contributed by atoms with Gasteiger partial charge in [-0.2, -0.15) is 11.8 Å². The lowest BCUT2D eigenvalue weighted by Gasteiger charge is -2.31. The van der Waals surface area contributed by atoms with Crippen molar-refractivity contribution in [1.29, 1.82) is 0 Å². The first-order valence-corrected chi connectivity index (χ1v) is 7.67. The number of thioether (sulfide) groups is 1. The van der Waals surface area contributed by atoms with Crippen molar-refractivity contribution in [3.05, 3.63) is 34.9 Å². The summed E-state index contributed by atoms with van der Waals surface area (Å²) < 4.78 is 33.9. The number of benzene rings is 1. The fourth-order valence-corrected chi connectivity index (χ4v) is 3.20. The van der Waals surface area contributed by atoms with E-state index in [1.807, 2.05) is 6.92 Å². The summed E-state index contributed by atoms with van der Waals surface area (Å²) in [4.78, 5) is 0. The summed E-state index contributed by atoms with van der Waals surface area (Å²) in [5.41, 5.74) is 0.567. The van der Waals surface area contributed by atoms with Gasteiger partial charge in [0.25, 0.3) is 0 Å². The number of hydrogen-bond donors (Lipinski definition) is 1. The number of halogens is 2. The molecule has 106 valence electrons. The standard InChI is InChI=1S/C14H19F2NOS/c1-3-17-14(11-8-19-7-6-18-11)12-10(15)5-4-9(2)13(12)16/h4-5,11,14,17H,3,6-8H2,1-2H3. The van der Waals surface area contributed by atoms with Crippen LogP contribution < -0.4 is 5.32 Å². The molecule has 1 aliphatic rings. The summed E-state index contributed by atoms with van der Waals surface area (Å²) in [5.74, 6) is 0.719. The van der Waals surface area contributed by atoms with Crippen molar-refractivity contribution in [2.45, 2.75) is 26.0 Å². The molecule has 1 aromatic rings. The lowest BCUT2D eigenvalue weighted by molar-refractivity contribution is 0.0452. The van der Waals surface area contributed by atoms with Crippen molar-refractivity contribution in [3.63, 3.8) is 0 Å². The van der Waals surface area contributed by atoms with E-state index >= 15 is 0 Å². The molecule has 2 atom stereocenters. The van der Waals surface area contributed by atoms with Gasteiger partial charge >= 0.3 is 0 Å². The van der Waals surface area contributed by atoms with Crippen LogP contribution in [0.4, 0.5) is 8.78 Å². The van der Waals surface area contributed by atoms with E-state index in [2.05, 4.69) is 5.32 Å². The molecule has 1 heterocycles. The van der Waals surface area contributed by atoms with Gasteiger partial charge in [0.15, 0.2) is 0 Å². The average molecular weight is 287 g/mol. The summed E-state index contributed by atoms with van der Waals surface area (Å²) in [5, 5.41) is 3.16. The predicted molar refractivity (Wildman–Crippen MR) is 74.6 cm³/mol. The Morgan fingerprint density at radius 3 is 2.89 bits per heavy atom. The number of nitrogens with one attached hydrogen (secondary N) is 1. The summed E-state index contributed by atoms with van der Waals surface area (Å²) in [6.07, 6.45) is -0.190. The number of likely N-dealkylation sites (N-methyl/N-ethyl adjacent to an activating group) is 1. The molecule has 0 spiro atoms. The molecule has 0 bridgehead atoms. The van der Waals surface area contributed by atoms with Crippen LogP contribution in [0.5, 0.6) is 0 Å². The van der Waals surface area contributed by atoms with Crippen LogP contribution in [-0.2, 0) is 4.74 Å². The molecule has 0 radical (unpaired) electrons. The highest BCUT2D eigenvalue weighted by molar-refractivity contribution is 7.99. The van der Waals surface area contributed by atoms with Crippen LogP contribution in [-0.4, -0.2) is 30.8 Å². The Morgan fingerprint density at radius 2 is 2.26 bits per heavy atom. The Labute approximate surface area is 116 Å². The van der Waals surface area contributed by atoms with Gasteiger partial charge in [-0.1, -0.05) is 13.0 Å². The van der Waals surface area contributed by atoms with Crippen LogP contribution in [0, 0.1) is 18.6 Å². The molecule has 1 saturated heterocycles. The topological polar surface area (TPSA) is 21.3 Å². The molecule has 1 N–H and O–H groups in total. The number of rotatable bonds is 4. The van der Waals surface area contributed by atoms with Crippen LogP contribution in [0.25, 0.3) is 0 Å². The van der Waals surface area contributed by atoms with Crippen molar-refractivity contribution in [1.82, 2.24) is 5.32 Å². The number of hydrogen-bond acceptors (Lipinski definition) is 3. The molecule has 0 aliphatic carbocycles. The van der Waals surface area contributed by atoms with Gasteiger partial charge < -0.3 is 10.1 Å². The third-order valence-electron chi connectivity index (χ3n) is 3.27. The largest absolute Gasteiger partial charge is 0.375 e. The van der Waals surface area contributed by atoms with Gasteiger partial charge in [0.1, 0.15) is 11.6 Å². The van der Waals surface area contributed by atoms with Crippen molar-refractivity contribution < 1.29 is 13.5 Å². The van der Waals surface area contributed by atoms with E-state index in [-0.39, 0.29) is 11.7 Å². The molecule has 0 amide bonds. The second kappa shape index (κ2) is 6.68. The predicted octanol–water partition coefficient (Wildman–Crippen LogP) is 3.06. The van der Waals surface area contributed by atoms with E-state index < -0.39 is 17.7 Å². The fraction of sp³-hybridized carbons (Fsp3) is 0.571. The molecule has 2 nitrogen and oxygen atoms in total. The first-order chi connectivity index (χ1) is 9.15. The lowest BCUT2D eigenvalue weighted by atomic mass is 9.98. The van der Waals surface area contributed by atoms with Gasteiger partial charge in [-0.3, -0.25) is 0 Å². The van der Waals surface area contributed by atoms with Crippen LogP contribution in [0.2, 0.25) is 0 Å². The maximum Gasteiger partial charge on any atom is 0.133 e. The highest BCUT2D eigenvalue weighted by Gasteiger charge is 2.30. The smallest absolute Gasteiger partial charge is 0.133 e. The molecule has 2 unspecified atom stereocenters. The minimum Gasteiger partial charge on any atom is -0.375 e. The highest BCUT2D eigenvalue weighted by Crippen LogP contribution is 2.30. The second-order valence-corrected chi connectivity index (χ2v) is 5.76. The molecule has 0 saturated carbocycles. The molecule has 1 fully saturated rings. The third-order valence-corrected chi connectivity index (χ3v) is 4.29. The van der Waals surface area contributed by atoms with E-state index in [9.17, 15) is 8.78 Å². The van der Waals surface area contributed by atoms with E-state index in [0.717, 1.165) is 11.5 Å². The number of ether oxygens (including phenoxy) is 1. The Morgan fingerprint density at radius 1 is 1.47 bits per heavy atom. The van der Waals surface area contributed by atoms with Crippen molar-refractivity contribution in [2.24, 2.45) is 0 Å². The van der Waals surface area contributed by atoms with Gasteiger partial charge in [-0.05, 0) is 25.1 Å². The molecular weight excluding hydrogens is 268 g/mol. The average Bonchev–Trinajstić information content (AvgIpc) is 2.43. The Balaban J connectivity index is 2.35. The molecule has 2 rings (SSSR count). The van der Waals surface area contributed by atoms with Gasteiger partial charge in [0.05, 0.1) is 18.8 Å². The fourth-order valence-electron chi connectivity index (χ4n) is 2.30. The zero-order chi connectivity index (χ0) is 13.8. The van der Waals surface area contributed by atoms with Crippen molar-refractivity contribution in [2.75, 3.05) is 24.7 Å². The molecule has 0 aromatic heterocycles. The summed E-state index contributed by atoms with van der Waals surface area (Å²) in [6.45, 7) is 4.85. The maximum absolute atomic E-state index is 14.2. The minimum absolute atomic E-state index is 0.106. The van der Waals surface area contributed by atoms with Gasteiger partial charge in [-0.15, -0.1) is 0 Å². The molecular formula is C14H19F2NOS. The van der Waals surface area contributed by atoms with Crippen LogP contribution in [0.15, 0.2) is 12.1 Å². The Kier molecular flexibility index (Phi) is 5.19. The SMILES string of the molecule is CCNC(c1c(F)ccc(C)c1F)C1CSCCO1. The highest BCUT2D eigenvalue weighted by atomic mass is 32.2. The van der Waals surface area contributed by atoms with E-state index in [1.54, 1.807) is 18.7 Å². The van der Waals surface area contributed by atoms with Crippen molar-refractivity contribution in [3.8, 4) is 0 Å². The minimum atomic E-state index is -0.506. The van der Waals surface area contributed by atoms with E-state index in [0.29, 0.717) is 18.7 Å². The Bertz CT molecular complexity index is 436. The first-order valence-electron chi connectivity index (χ1n) is 6.52. The van der Waals surface area contributed by atoms with Gasteiger partial charge in [-0.25, -0.2) is 8.78 Å². The van der Waals surface area contributed by atoms with E-state index in [4.69, 9.17) is 4.74 Å². The summed E-state index contributed by atoms with van der Waals surface area (Å²) in [6, 6.07) is 2.36. The van der Waals surface area contributed by atoms with Gasteiger partial charge in [0.2, 0.25) is 0 Å². The molecule has 1 aromatic carbocycles. The van der Waals surface area contributed by atoms with Crippen LogP contribution >= 0.6 is 11.8 Å². The second-order valence-electron chi connectivity index (χ2n) is 4.61. The molecule has 1 aliphatic heterocycles. The maximum atomic E-state index is 14.2. The van der Waals surface area contributed by atoms with Crippen LogP contribution in [0.1, 0.15) is 24.1 Å². The molecule has 5 heteroatoms. The zero-order valence-corrected chi connectivity index (χ0v) is 12.0. The Hall–Kier alpha value is -0.650. The lowest BCUT2D eigenvalue weighted by Crippen LogP contribution is -2.39. The van der Waals surface area contributed by atoms with E-state index in [1.165, 1.54) is 12.1 Å². The van der Waals surface area contributed by atoms with Gasteiger partial charge in [0, 0.05) is 17.1 Å². The quantitative estimate of drug-likeness (QED) is 0.919. The first kappa shape index (κ1) is 14.8. The zero-order valence-electron chi connectivity index (χ0n) is 11.2. The normalized spacial score (nSPS) is 21.4. The van der Waals surface area contributed by atoms with Crippen LogP contribution in [0.3, 0.4) is 0 Å². The molecule has 19 heavy (non-hydrogen) atoms. The van der Waals surface area contributed by atoms with Crippen molar-refractivity contribution >= 4 is 11.8 Å². The number of aryl methyl sites for hydroxylation is 1.